The van der Waals surface area contributed by atoms with Crippen LogP contribution in [-0.4, -0.2) is 20.0 Å². The van der Waals surface area contributed by atoms with Crippen molar-refractivity contribution in [3.63, 3.8) is 0 Å². The van der Waals surface area contributed by atoms with E-state index in [2.05, 4.69) is 22.2 Å². The minimum Gasteiger partial charge on any atom is -0.318 e. The zero-order valence-electron chi connectivity index (χ0n) is 9.85. The lowest BCUT2D eigenvalue weighted by atomic mass is 10.1. The topological polar surface area (TPSA) is 69.6 Å². The van der Waals surface area contributed by atoms with Crippen LogP contribution in [0.2, 0.25) is 10.0 Å². The highest BCUT2D eigenvalue weighted by atomic mass is 35.5. The summed E-state index contributed by atoms with van der Waals surface area (Å²) < 4.78 is 1.76. The van der Waals surface area contributed by atoms with Crippen molar-refractivity contribution in [1.82, 2.24) is 20.0 Å². The average Bonchev–Trinajstić information content (AvgIpc) is 2.77. The summed E-state index contributed by atoms with van der Waals surface area (Å²) in [5.41, 5.74) is 7.51. The summed E-state index contributed by atoms with van der Waals surface area (Å²) in [6.45, 7) is 2.82. The summed E-state index contributed by atoms with van der Waals surface area (Å²) in [5.74, 6) is 0. The molecule has 0 aliphatic heterocycles. The molecule has 2 aromatic rings. The first-order valence-corrected chi connectivity index (χ1v) is 6.34. The summed E-state index contributed by atoms with van der Waals surface area (Å²) in [6, 6.07) is 1.16. The van der Waals surface area contributed by atoms with Crippen molar-refractivity contribution in [2.45, 2.75) is 25.9 Å². The number of pyridine rings is 1. The molecule has 7 heteroatoms. The van der Waals surface area contributed by atoms with Crippen LogP contribution >= 0.6 is 23.2 Å². The van der Waals surface area contributed by atoms with Crippen LogP contribution in [-0.2, 0) is 6.54 Å². The standard InChI is InChI=1S/C11H13Cl2N5/c1-2-3-18-9(6-16-17-18)10(14)11-8(13)4-7(12)5-15-11/h4-6,10H,2-3,14H2,1H3. The normalized spacial score (nSPS) is 12.7. The number of nitrogens with two attached hydrogens (primary N) is 1. The minimum atomic E-state index is -0.462. The van der Waals surface area contributed by atoms with E-state index < -0.39 is 6.04 Å². The average molecular weight is 286 g/mol. The molecule has 0 amide bonds. The second kappa shape index (κ2) is 5.65. The Morgan fingerprint density at radius 3 is 2.83 bits per heavy atom. The number of halogens is 2. The zero-order chi connectivity index (χ0) is 13.1. The van der Waals surface area contributed by atoms with Crippen LogP contribution in [0.1, 0.15) is 30.8 Å². The van der Waals surface area contributed by atoms with Gasteiger partial charge in [0.15, 0.2) is 0 Å². The Bertz CT molecular complexity index is 540. The lowest BCUT2D eigenvalue weighted by Gasteiger charge is -2.13. The van der Waals surface area contributed by atoms with Crippen molar-refractivity contribution < 1.29 is 0 Å². The van der Waals surface area contributed by atoms with Gasteiger partial charge in [-0.1, -0.05) is 35.3 Å². The van der Waals surface area contributed by atoms with Gasteiger partial charge in [0, 0.05) is 12.7 Å². The number of aryl methyl sites for hydroxylation is 1. The first-order chi connectivity index (χ1) is 8.63. The Labute approximate surface area is 115 Å². The predicted octanol–water partition coefficient (Wildman–Crippen LogP) is 2.44. The number of nitrogens with zero attached hydrogens (tertiary/aromatic N) is 4. The Morgan fingerprint density at radius 1 is 1.39 bits per heavy atom. The molecule has 2 N–H and O–H groups in total. The van der Waals surface area contributed by atoms with Crippen molar-refractivity contribution in [1.29, 1.82) is 0 Å². The molecule has 0 spiro atoms. The molecule has 1 atom stereocenters. The number of rotatable bonds is 4. The number of hydrogen-bond donors (Lipinski definition) is 1. The van der Waals surface area contributed by atoms with E-state index in [-0.39, 0.29) is 0 Å². The molecule has 0 radical (unpaired) electrons. The van der Waals surface area contributed by atoms with Crippen LogP contribution in [0, 0.1) is 0 Å². The maximum absolute atomic E-state index is 6.15. The zero-order valence-corrected chi connectivity index (χ0v) is 11.4. The van der Waals surface area contributed by atoms with E-state index in [1.807, 2.05) is 0 Å². The van der Waals surface area contributed by atoms with Gasteiger partial charge in [-0.15, -0.1) is 5.10 Å². The molecule has 18 heavy (non-hydrogen) atoms. The van der Waals surface area contributed by atoms with Crippen LogP contribution < -0.4 is 5.73 Å². The molecular formula is C11H13Cl2N5. The predicted molar refractivity (Wildman–Crippen MR) is 70.6 cm³/mol. The van der Waals surface area contributed by atoms with E-state index in [0.717, 1.165) is 18.7 Å². The third-order valence-electron chi connectivity index (χ3n) is 2.53. The molecule has 0 saturated heterocycles. The molecule has 5 nitrogen and oxygen atoms in total. The van der Waals surface area contributed by atoms with Crippen molar-refractivity contribution >= 4 is 23.2 Å². The molecule has 2 heterocycles. The van der Waals surface area contributed by atoms with Crippen LogP contribution in [0.15, 0.2) is 18.5 Å². The van der Waals surface area contributed by atoms with E-state index in [4.69, 9.17) is 28.9 Å². The fourth-order valence-electron chi connectivity index (χ4n) is 1.69. The molecule has 0 aliphatic rings. The SMILES string of the molecule is CCCn1nncc1C(N)c1ncc(Cl)cc1Cl. The van der Waals surface area contributed by atoms with Gasteiger partial charge in [0.1, 0.15) is 0 Å². The maximum atomic E-state index is 6.15. The summed E-state index contributed by atoms with van der Waals surface area (Å²) in [4.78, 5) is 4.18. The van der Waals surface area contributed by atoms with Crippen LogP contribution in [0.4, 0.5) is 0 Å². The van der Waals surface area contributed by atoms with E-state index in [1.54, 1.807) is 16.9 Å². The van der Waals surface area contributed by atoms with Gasteiger partial charge in [-0.25, -0.2) is 4.68 Å². The summed E-state index contributed by atoms with van der Waals surface area (Å²) in [6.07, 6.45) is 4.11. The monoisotopic (exact) mass is 285 g/mol. The van der Waals surface area contributed by atoms with Crippen molar-refractivity contribution in [2.75, 3.05) is 0 Å². The van der Waals surface area contributed by atoms with Crippen LogP contribution in [0.3, 0.4) is 0 Å². The third-order valence-corrected chi connectivity index (χ3v) is 3.04. The molecule has 2 rings (SSSR count). The quantitative estimate of drug-likeness (QED) is 0.937. The molecule has 1 unspecified atom stereocenters. The number of hydrogen-bond acceptors (Lipinski definition) is 4. The molecule has 2 aromatic heterocycles. The number of aromatic nitrogens is 4. The van der Waals surface area contributed by atoms with E-state index >= 15 is 0 Å². The van der Waals surface area contributed by atoms with E-state index in [0.29, 0.717) is 15.7 Å². The van der Waals surface area contributed by atoms with Crippen molar-refractivity contribution in [3.8, 4) is 0 Å². The summed E-state index contributed by atoms with van der Waals surface area (Å²) >= 11 is 11.9. The molecule has 0 aromatic carbocycles. The Balaban J connectivity index is 2.35. The largest absolute Gasteiger partial charge is 0.318 e. The second-order valence-corrected chi connectivity index (χ2v) is 4.72. The first-order valence-electron chi connectivity index (χ1n) is 5.58. The highest BCUT2D eigenvalue weighted by molar-refractivity contribution is 6.34. The third kappa shape index (κ3) is 2.63. The minimum absolute atomic E-state index is 0.444. The highest BCUT2D eigenvalue weighted by Gasteiger charge is 2.18. The Morgan fingerprint density at radius 2 is 2.17 bits per heavy atom. The van der Waals surface area contributed by atoms with Gasteiger partial charge in [0.05, 0.1) is 33.7 Å². The Hall–Kier alpha value is -1.17. The van der Waals surface area contributed by atoms with Crippen LogP contribution in [0.5, 0.6) is 0 Å². The lowest BCUT2D eigenvalue weighted by Crippen LogP contribution is -2.19. The van der Waals surface area contributed by atoms with Gasteiger partial charge >= 0.3 is 0 Å². The molecular weight excluding hydrogens is 273 g/mol. The van der Waals surface area contributed by atoms with Gasteiger partial charge in [0.2, 0.25) is 0 Å². The van der Waals surface area contributed by atoms with Gasteiger partial charge < -0.3 is 5.73 Å². The smallest absolute Gasteiger partial charge is 0.0928 e. The molecule has 0 aliphatic carbocycles. The summed E-state index contributed by atoms with van der Waals surface area (Å²) in [7, 11) is 0. The van der Waals surface area contributed by atoms with E-state index in [1.165, 1.54) is 6.20 Å². The highest BCUT2D eigenvalue weighted by Crippen LogP contribution is 2.26. The second-order valence-electron chi connectivity index (χ2n) is 3.88. The van der Waals surface area contributed by atoms with Crippen molar-refractivity contribution in [3.05, 3.63) is 39.9 Å². The van der Waals surface area contributed by atoms with Crippen molar-refractivity contribution in [2.24, 2.45) is 5.73 Å². The fourth-order valence-corrected chi connectivity index (χ4v) is 2.18. The first kappa shape index (κ1) is 13.3. The molecule has 0 fully saturated rings. The van der Waals surface area contributed by atoms with E-state index in [9.17, 15) is 0 Å². The Kier molecular flexibility index (Phi) is 4.16. The van der Waals surface area contributed by atoms with Crippen LogP contribution in [0.25, 0.3) is 0 Å². The van der Waals surface area contributed by atoms with Gasteiger partial charge in [-0.3, -0.25) is 4.98 Å². The summed E-state index contributed by atoms with van der Waals surface area (Å²) in [5, 5.41) is 8.79. The lowest BCUT2D eigenvalue weighted by molar-refractivity contribution is 0.541. The maximum Gasteiger partial charge on any atom is 0.0928 e. The van der Waals surface area contributed by atoms with Gasteiger partial charge in [-0.2, -0.15) is 0 Å². The van der Waals surface area contributed by atoms with Gasteiger partial charge in [0.25, 0.3) is 0 Å². The van der Waals surface area contributed by atoms with Gasteiger partial charge in [-0.05, 0) is 12.5 Å². The fraction of sp³-hybridized carbons (Fsp3) is 0.364. The molecule has 96 valence electrons. The molecule has 0 saturated carbocycles. The molecule has 0 bridgehead atoms.